The average Bonchev–Trinajstić information content (AvgIpc) is 2.44. The van der Waals surface area contributed by atoms with Crippen LogP contribution in [0.15, 0.2) is 18.3 Å². The molecular weight excluding hydrogens is 240 g/mol. The van der Waals surface area contributed by atoms with E-state index < -0.39 is 0 Å². The van der Waals surface area contributed by atoms with Gasteiger partial charge >= 0.3 is 0 Å². The van der Waals surface area contributed by atoms with Gasteiger partial charge in [-0.25, -0.2) is 0 Å². The summed E-state index contributed by atoms with van der Waals surface area (Å²) < 4.78 is 0. The van der Waals surface area contributed by atoms with Gasteiger partial charge in [-0.3, -0.25) is 9.78 Å². The largest absolute Gasteiger partial charge is 0.385 e. The molecule has 106 valence electrons. The van der Waals surface area contributed by atoms with Gasteiger partial charge in [-0.05, 0) is 37.9 Å². The first-order valence-corrected chi connectivity index (χ1v) is 6.89. The van der Waals surface area contributed by atoms with E-state index in [1.165, 1.54) is 0 Å². The van der Waals surface area contributed by atoms with Gasteiger partial charge in [0, 0.05) is 25.0 Å². The van der Waals surface area contributed by atoms with Crippen LogP contribution >= 0.6 is 0 Å². The van der Waals surface area contributed by atoms with Crippen LogP contribution in [-0.4, -0.2) is 30.5 Å². The number of nitrogens with two attached hydrogens (primary N) is 1. The Morgan fingerprint density at radius 3 is 2.89 bits per heavy atom. The topological polar surface area (TPSA) is 80.0 Å². The first-order valence-electron chi connectivity index (χ1n) is 6.89. The van der Waals surface area contributed by atoms with Crippen molar-refractivity contribution >= 4 is 11.6 Å². The van der Waals surface area contributed by atoms with E-state index >= 15 is 0 Å². The number of hydrogen-bond acceptors (Lipinski definition) is 4. The van der Waals surface area contributed by atoms with E-state index in [-0.39, 0.29) is 5.91 Å². The van der Waals surface area contributed by atoms with Crippen molar-refractivity contribution in [1.82, 2.24) is 10.3 Å². The summed E-state index contributed by atoms with van der Waals surface area (Å²) in [5.41, 5.74) is 6.95. The maximum Gasteiger partial charge on any atom is 0.269 e. The number of pyridine rings is 1. The molecule has 0 spiro atoms. The summed E-state index contributed by atoms with van der Waals surface area (Å²) in [6.45, 7) is 6.23. The van der Waals surface area contributed by atoms with Crippen molar-refractivity contribution in [1.29, 1.82) is 0 Å². The van der Waals surface area contributed by atoms with E-state index in [1.807, 2.05) is 13.0 Å². The van der Waals surface area contributed by atoms with Crippen LogP contribution in [0.25, 0.3) is 0 Å². The monoisotopic (exact) mass is 264 g/mol. The van der Waals surface area contributed by atoms with Gasteiger partial charge < -0.3 is 16.4 Å². The molecule has 1 unspecified atom stereocenters. The van der Waals surface area contributed by atoms with Gasteiger partial charge in [-0.1, -0.05) is 13.3 Å². The first-order chi connectivity index (χ1) is 9.21. The lowest BCUT2D eigenvalue weighted by molar-refractivity contribution is 0.0951. The van der Waals surface area contributed by atoms with Crippen LogP contribution in [0.1, 0.15) is 37.2 Å². The van der Waals surface area contributed by atoms with Crippen LogP contribution < -0.4 is 16.4 Å². The number of nitrogens with one attached hydrogen (secondary N) is 2. The van der Waals surface area contributed by atoms with E-state index in [0.717, 1.165) is 25.1 Å². The lowest BCUT2D eigenvalue weighted by Crippen LogP contribution is -2.24. The SMILES string of the molecule is CCNC(=O)c1cc(NCC(CC)CCN)ccn1. The molecular formula is C14H24N4O. The second-order valence-electron chi connectivity index (χ2n) is 4.52. The van der Waals surface area contributed by atoms with Crippen LogP contribution in [0.5, 0.6) is 0 Å². The summed E-state index contributed by atoms with van der Waals surface area (Å²) in [5.74, 6) is 0.422. The number of hydrogen-bond donors (Lipinski definition) is 3. The van der Waals surface area contributed by atoms with Gasteiger partial charge in [0.25, 0.3) is 5.91 Å². The number of rotatable bonds is 8. The van der Waals surface area contributed by atoms with E-state index in [1.54, 1.807) is 12.3 Å². The minimum absolute atomic E-state index is 0.139. The molecule has 19 heavy (non-hydrogen) atoms. The first kappa shape index (κ1) is 15.4. The maximum absolute atomic E-state index is 11.7. The molecule has 0 aromatic carbocycles. The van der Waals surface area contributed by atoms with E-state index in [0.29, 0.717) is 24.7 Å². The van der Waals surface area contributed by atoms with Gasteiger partial charge in [0.05, 0.1) is 0 Å². The van der Waals surface area contributed by atoms with Crippen molar-refractivity contribution in [3.05, 3.63) is 24.0 Å². The fourth-order valence-corrected chi connectivity index (χ4v) is 1.86. The average molecular weight is 264 g/mol. The smallest absolute Gasteiger partial charge is 0.269 e. The van der Waals surface area contributed by atoms with Gasteiger partial charge in [-0.15, -0.1) is 0 Å². The maximum atomic E-state index is 11.7. The predicted octanol–water partition coefficient (Wildman–Crippen LogP) is 1.62. The van der Waals surface area contributed by atoms with Gasteiger partial charge in [0.1, 0.15) is 5.69 Å². The predicted molar refractivity (Wildman–Crippen MR) is 78.2 cm³/mol. The summed E-state index contributed by atoms with van der Waals surface area (Å²) in [6.07, 6.45) is 3.76. The Balaban J connectivity index is 2.59. The Morgan fingerprint density at radius 2 is 2.26 bits per heavy atom. The summed E-state index contributed by atoms with van der Waals surface area (Å²) >= 11 is 0. The highest BCUT2D eigenvalue weighted by Crippen LogP contribution is 2.12. The molecule has 0 saturated heterocycles. The summed E-state index contributed by atoms with van der Waals surface area (Å²) in [7, 11) is 0. The molecule has 5 heteroatoms. The molecule has 1 atom stereocenters. The molecule has 1 aromatic heterocycles. The third kappa shape index (κ3) is 5.26. The van der Waals surface area contributed by atoms with Gasteiger partial charge in [0.15, 0.2) is 0 Å². The Bertz CT molecular complexity index is 395. The minimum Gasteiger partial charge on any atom is -0.385 e. The van der Waals surface area contributed by atoms with Crippen molar-refractivity contribution in [2.75, 3.05) is 25.0 Å². The number of nitrogens with zero attached hydrogens (tertiary/aromatic N) is 1. The summed E-state index contributed by atoms with van der Waals surface area (Å²) in [6, 6.07) is 3.65. The minimum atomic E-state index is -0.139. The highest BCUT2D eigenvalue weighted by Gasteiger charge is 2.08. The van der Waals surface area contributed by atoms with Gasteiger partial charge in [0.2, 0.25) is 0 Å². The van der Waals surface area contributed by atoms with Crippen LogP contribution in [-0.2, 0) is 0 Å². The highest BCUT2D eigenvalue weighted by molar-refractivity contribution is 5.93. The number of anilines is 1. The molecule has 0 saturated carbocycles. The lowest BCUT2D eigenvalue weighted by atomic mass is 10.0. The zero-order chi connectivity index (χ0) is 14.1. The second-order valence-corrected chi connectivity index (χ2v) is 4.52. The van der Waals surface area contributed by atoms with Gasteiger partial charge in [-0.2, -0.15) is 0 Å². The van der Waals surface area contributed by atoms with E-state index in [4.69, 9.17) is 5.73 Å². The number of carbonyl (C=O) groups is 1. The zero-order valence-corrected chi connectivity index (χ0v) is 11.8. The molecule has 1 rings (SSSR count). The molecule has 0 bridgehead atoms. The Morgan fingerprint density at radius 1 is 1.47 bits per heavy atom. The fourth-order valence-electron chi connectivity index (χ4n) is 1.86. The molecule has 4 N–H and O–H groups in total. The number of amides is 1. The molecule has 1 amide bonds. The van der Waals surface area contributed by atoms with Crippen molar-refractivity contribution in [3.63, 3.8) is 0 Å². The van der Waals surface area contributed by atoms with Crippen molar-refractivity contribution in [3.8, 4) is 0 Å². The standard InChI is InChI=1S/C14H24N4O/c1-3-11(5-7-15)10-18-12-6-8-17-13(9-12)14(19)16-4-2/h6,8-9,11H,3-5,7,10,15H2,1-2H3,(H,16,19)(H,17,18). The molecule has 0 fully saturated rings. The molecule has 0 aliphatic rings. The molecule has 5 nitrogen and oxygen atoms in total. The van der Waals surface area contributed by atoms with Crippen LogP contribution in [0.3, 0.4) is 0 Å². The zero-order valence-electron chi connectivity index (χ0n) is 11.8. The third-order valence-corrected chi connectivity index (χ3v) is 3.08. The van der Waals surface area contributed by atoms with E-state index in [9.17, 15) is 4.79 Å². The molecule has 0 aliphatic heterocycles. The quantitative estimate of drug-likeness (QED) is 0.666. The second kappa shape index (κ2) is 8.48. The van der Waals surface area contributed by atoms with Crippen LogP contribution in [0, 0.1) is 5.92 Å². The molecule has 0 aliphatic carbocycles. The van der Waals surface area contributed by atoms with Crippen molar-refractivity contribution in [2.24, 2.45) is 11.7 Å². The fraction of sp³-hybridized carbons (Fsp3) is 0.571. The Hall–Kier alpha value is -1.62. The summed E-state index contributed by atoms with van der Waals surface area (Å²) in [5, 5.41) is 6.08. The third-order valence-electron chi connectivity index (χ3n) is 3.08. The Labute approximate surface area is 115 Å². The lowest BCUT2D eigenvalue weighted by Gasteiger charge is -2.15. The molecule has 0 radical (unpaired) electrons. The molecule has 1 aromatic rings. The normalized spacial score (nSPS) is 11.9. The van der Waals surface area contributed by atoms with E-state index in [2.05, 4.69) is 22.5 Å². The number of aromatic nitrogens is 1. The highest BCUT2D eigenvalue weighted by atomic mass is 16.1. The number of carbonyl (C=O) groups excluding carboxylic acids is 1. The summed E-state index contributed by atoms with van der Waals surface area (Å²) in [4.78, 5) is 15.7. The van der Waals surface area contributed by atoms with Crippen LogP contribution in [0.4, 0.5) is 5.69 Å². The Kier molecular flexibility index (Phi) is 6.89. The molecule has 1 heterocycles. The van der Waals surface area contributed by atoms with Crippen LogP contribution in [0.2, 0.25) is 0 Å². The van der Waals surface area contributed by atoms with Crippen molar-refractivity contribution in [2.45, 2.75) is 26.7 Å². The van der Waals surface area contributed by atoms with Crippen molar-refractivity contribution < 1.29 is 4.79 Å².